The molecule has 0 spiro atoms. The SMILES string of the molecule is CCOC(=O)c1cccc(-n2c3nc4ccccc4nc3c3c(=O)n(Cc4ccccc4Cl)c(C)nc32)c1. The smallest absolute Gasteiger partial charge is 0.338 e. The first kappa shape index (κ1) is 23.8. The predicted octanol–water partition coefficient (Wildman–Crippen LogP) is 5.47. The number of nitrogens with zero attached hydrogens (tertiary/aromatic N) is 5. The number of para-hydroxylation sites is 2. The van der Waals surface area contributed by atoms with E-state index in [-0.39, 0.29) is 18.7 Å². The third kappa shape index (κ3) is 3.90. The first-order chi connectivity index (χ1) is 18.5. The van der Waals surface area contributed by atoms with Gasteiger partial charge in [-0.2, -0.15) is 0 Å². The minimum atomic E-state index is -0.433. The number of carbonyl (C=O) groups is 1. The average Bonchev–Trinajstić information content (AvgIpc) is 3.23. The summed E-state index contributed by atoms with van der Waals surface area (Å²) in [6.07, 6.45) is 0. The Kier molecular flexibility index (Phi) is 5.88. The molecule has 0 amide bonds. The van der Waals surface area contributed by atoms with E-state index >= 15 is 0 Å². The van der Waals surface area contributed by atoms with Crippen molar-refractivity contribution < 1.29 is 9.53 Å². The van der Waals surface area contributed by atoms with Crippen LogP contribution in [0.3, 0.4) is 0 Å². The van der Waals surface area contributed by atoms with Crippen molar-refractivity contribution in [1.82, 2.24) is 24.1 Å². The molecule has 9 heteroatoms. The van der Waals surface area contributed by atoms with Crippen molar-refractivity contribution in [3.05, 3.63) is 105 Å². The maximum absolute atomic E-state index is 14.0. The van der Waals surface area contributed by atoms with E-state index in [2.05, 4.69) is 0 Å². The zero-order chi connectivity index (χ0) is 26.4. The number of esters is 1. The lowest BCUT2D eigenvalue weighted by Gasteiger charge is -2.12. The molecule has 0 aliphatic heterocycles. The molecule has 8 nitrogen and oxygen atoms in total. The normalized spacial score (nSPS) is 11.4. The standard InChI is InChI=1S/C29H22ClN5O3/c1-3-38-29(37)18-10-8-11-20(15-18)35-26-24(25-27(35)33-23-14-7-6-13-22(23)32-25)28(36)34(17(2)31-26)16-19-9-4-5-12-21(19)30/h4-15H,3,16H2,1-2H3. The van der Waals surface area contributed by atoms with Crippen LogP contribution >= 0.6 is 11.6 Å². The Bertz CT molecular complexity index is 1940. The molecule has 6 aromatic rings. The summed E-state index contributed by atoms with van der Waals surface area (Å²) in [4.78, 5) is 41.1. The van der Waals surface area contributed by atoms with Crippen LogP contribution in [-0.2, 0) is 11.3 Å². The highest BCUT2D eigenvalue weighted by Gasteiger charge is 2.23. The van der Waals surface area contributed by atoms with Crippen molar-refractivity contribution >= 4 is 50.8 Å². The monoisotopic (exact) mass is 523 g/mol. The molecular formula is C29H22ClN5O3. The lowest BCUT2D eigenvalue weighted by Crippen LogP contribution is -2.24. The van der Waals surface area contributed by atoms with Crippen LogP contribution in [0.1, 0.15) is 28.7 Å². The summed E-state index contributed by atoms with van der Waals surface area (Å²) in [5.74, 6) is 0.0791. The number of fused-ring (bicyclic) bond motifs is 4. The summed E-state index contributed by atoms with van der Waals surface area (Å²) < 4.78 is 8.57. The van der Waals surface area contributed by atoms with Gasteiger partial charge in [-0.3, -0.25) is 13.9 Å². The summed E-state index contributed by atoms with van der Waals surface area (Å²) in [6, 6.07) is 21.9. The largest absolute Gasteiger partial charge is 0.462 e. The van der Waals surface area contributed by atoms with Gasteiger partial charge in [0.15, 0.2) is 11.3 Å². The van der Waals surface area contributed by atoms with Crippen molar-refractivity contribution in [2.45, 2.75) is 20.4 Å². The van der Waals surface area contributed by atoms with Gasteiger partial charge in [-0.05, 0) is 55.8 Å². The van der Waals surface area contributed by atoms with E-state index in [9.17, 15) is 9.59 Å². The molecule has 3 aromatic heterocycles. The fourth-order valence-corrected chi connectivity index (χ4v) is 4.84. The first-order valence-corrected chi connectivity index (χ1v) is 12.5. The van der Waals surface area contributed by atoms with Crippen LogP contribution in [0.2, 0.25) is 5.02 Å². The van der Waals surface area contributed by atoms with E-state index < -0.39 is 5.97 Å². The second-order valence-corrected chi connectivity index (χ2v) is 9.24. The lowest BCUT2D eigenvalue weighted by molar-refractivity contribution is 0.0526. The van der Waals surface area contributed by atoms with E-state index in [4.69, 9.17) is 31.3 Å². The van der Waals surface area contributed by atoms with Crippen LogP contribution in [0.15, 0.2) is 77.6 Å². The highest BCUT2D eigenvalue weighted by atomic mass is 35.5. The summed E-state index contributed by atoms with van der Waals surface area (Å²) in [7, 11) is 0. The number of halogens is 1. The molecule has 0 saturated carbocycles. The van der Waals surface area contributed by atoms with Crippen LogP contribution in [0.4, 0.5) is 0 Å². The lowest BCUT2D eigenvalue weighted by atomic mass is 10.2. The summed E-state index contributed by atoms with van der Waals surface area (Å²) >= 11 is 6.40. The second-order valence-electron chi connectivity index (χ2n) is 8.83. The van der Waals surface area contributed by atoms with Gasteiger partial charge >= 0.3 is 5.97 Å². The van der Waals surface area contributed by atoms with Gasteiger partial charge < -0.3 is 4.74 Å². The number of ether oxygens (including phenoxy) is 1. The molecule has 6 rings (SSSR count). The quantitative estimate of drug-likeness (QED) is 0.278. The van der Waals surface area contributed by atoms with Crippen molar-refractivity contribution in [3.8, 4) is 5.69 Å². The fourth-order valence-electron chi connectivity index (χ4n) is 4.64. The molecular weight excluding hydrogens is 502 g/mol. The molecule has 0 aliphatic carbocycles. The van der Waals surface area contributed by atoms with Crippen LogP contribution in [0, 0.1) is 6.92 Å². The van der Waals surface area contributed by atoms with Crippen molar-refractivity contribution in [2.24, 2.45) is 0 Å². The van der Waals surface area contributed by atoms with E-state index in [1.165, 1.54) is 0 Å². The van der Waals surface area contributed by atoms with Crippen LogP contribution in [-0.4, -0.2) is 36.7 Å². The molecule has 0 fully saturated rings. The average molecular weight is 524 g/mol. The molecule has 0 saturated heterocycles. The first-order valence-electron chi connectivity index (χ1n) is 12.2. The number of hydrogen-bond acceptors (Lipinski definition) is 6. The number of benzene rings is 3. The van der Waals surface area contributed by atoms with E-state index in [0.29, 0.717) is 55.3 Å². The summed E-state index contributed by atoms with van der Waals surface area (Å²) in [5, 5.41) is 0.917. The van der Waals surface area contributed by atoms with Crippen molar-refractivity contribution in [3.63, 3.8) is 0 Å². The highest BCUT2D eigenvalue weighted by molar-refractivity contribution is 6.31. The minimum Gasteiger partial charge on any atom is -0.462 e. The number of carbonyl (C=O) groups excluding carboxylic acids is 1. The zero-order valence-electron chi connectivity index (χ0n) is 20.7. The molecule has 3 aromatic carbocycles. The van der Waals surface area contributed by atoms with Crippen molar-refractivity contribution in [2.75, 3.05) is 6.61 Å². The van der Waals surface area contributed by atoms with Crippen molar-refractivity contribution in [1.29, 1.82) is 0 Å². The Morgan fingerprint density at radius 3 is 2.42 bits per heavy atom. The number of aryl methyl sites for hydroxylation is 1. The topological polar surface area (TPSA) is 91.9 Å². The Morgan fingerprint density at radius 2 is 1.66 bits per heavy atom. The van der Waals surface area contributed by atoms with Gasteiger partial charge in [-0.25, -0.2) is 19.7 Å². The maximum atomic E-state index is 14.0. The third-order valence-electron chi connectivity index (χ3n) is 6.46. The minimum absolute atomic E-state index is 0.248. The fraction of sp³-hybridized carbons (Fsp3) is 0.138. The maximum Gasteiger partial charge on any atom is 0.338 e. The van der Waals surface area contributed by atoms with Gasteiger partial charge in [0.25, 0.3) is 5.56 Å². The summed E-state index contributed by atoms with van der Waals surface area (Å²) in [5.41, 5.74) is 4.23. The Labute approximate surface area is 222 Å². The second kappa shape index (κ2) is 9.39. The molecule has 0 aliphatic rings. The van der Waals surface area contributed by atoms with E-state index in [1.807, 2.05) is 48.5 Å². The molecule has 0 radical (unpaired) electrons. The molecule has 188 valence electrons. The predicted molar refractivity (Wildman–Crippen MR) is 147 cm³/mol. The van der Waals surface area contributed by atoms with Gasteiger partial charge in [0.05, 0.1) is 35.4 Å². The Balaban J connectivity index is 1.68. The molecule has 0 N–H and O–H groups in total. The van der Waals surface area contributed by atoms with Gasteiger partial charge in [-0.15, -0.1) is 0 Å². The van der Waals surface area contributed by atoms with Gasteiger partial charge in [-0.1, -0.05) is 48.0 Å². The molecule has 3 heterocycles. The molecule has 0 bridgehead atoms. The third-order valence-corrected chi connectivity index (χ3v) is 6.82. The van der Waals surface area contributed by atoms with Crippen LogP contribution < -0.4 is 5.56 Å². The Hall–Kier alpha value is -4.56. The van der Waals surface area contributed by atoms with Gasteiger partial charge in [0.1, 0.15) is 16.7 Å². The summed E-state index contributed by atoms with van der Waals surface area (Å²) in [6.45, 7) is 4.07. The number of hydrogen-bond donors (Lipinski definition) is 0. The number of rotatable bonds is 5. The molecule has 0 unspecified atom stereocenters. The molecule has 38 heavy (non-hydrogen) atoms. The molecule has 0 atom stereocenters. The van der Waals surface area contributed by atoms with Gasteiger partial charge in [0.2, 0.25) is 0 Å². The van der Waals surface area contributed by atoms with Crippen LogP contribution in [0.25, 0.3) is 38.9 Å². The Morgan fingerprint density at radius 1 is 0.921 bits per heavy atom. The van der Waals surface area contributed by atoms with Crippen LogP contribution in [0.5, 0.6) is 0 Å². The van der Waals surface area contributed by atoms with E-state index in [0.717, 1.165) is 5.56 Å². The van der Waals surface area contributed by atoms with Gasteiger partial charge in [0, 0.05) is 5.02 Å². The van der Waals surface area contributed by atoms with E-state index in [1.54, 1.807) is 47.2 Å². The highest BCUT2D eigenvalue weighted by Crippen LogP contribution is 2.29. The zero-order valence-corrected chi connectivity index (χ0v) is 21.4. The number of aromatic nitrogens is 5.